The summed E-state index contributed by atoms with van der Waals surface area (Å²) in [5.41, 5.74) is 4.22. The van der Waals surface area contributed by atoms with Crippen LogP contribution in [0.15, 0.2) is 54.6 Å². The molecule has 0 spiro atoms. The van der Waals surface area contributed by atoms with E-state index in [4.69, 9.17) is 28.9 Å². The number of hydrogen-bond donors (Lipinski definition) is 0. The quantitative estimate of drug-likeness (QED) is 0.408. The zero-order valence-corrected chi connectivity index (χ0v) is 19.8. The minimum Gasteiger partial charge on any atom is -0.493 e. The van der Waals surface area contributed by atoms with Crippen LogP contribution in [0.5, 0.6) is 23.0 Å². The molecule has 0 bridgehead atoms. The average molecular weight is 458 g/mol. The maximum atomic E-state index is 5.58. The Bertz CT molecular complexity index is 1340. The van der Waals surface area contributed by atoms with Crippen LogP contribution in [-0.2, 0) is 13.0 Å². The van der Waals surface area contributed by atoms with Gasteiger partial charge in [-0.25, -0.2) is 9.97 Å². The first kappa shape index (κ1) is 21.8. The Hall–Kier alpha value is -4.00. The molecule has 1 aromatic heterocycles. The Morgan fingerprint density at radius 1 is 0.706 bits per heavy atom. The highest BCUT2D eigenvalue weighted by Gasteiger charge is 2.24. The van der Waals surface area contributed by atoms with Crippen molar-refractivity contribution in [1.82, 2.24) is 9.97 Å². The Balaban J connectivity index is 1.66. The molecular formula is C27H27N3O4. The van der Waals surface area contributed by atoms with Gasteiger partial charge in [0.2, 0.25) is 0 Å². The van der Waals surface area contributed by atoms with Gasteiger partial charge in [0, 0.05) is 30.1 Å². The molecule has 3 aromatic carbocycles. The Morgan fingerprint density at radius 3 is 2.00 bits per heavy atom. The van der Waals surface area contributed by atoms with Crippen molar-refractivity contribution in [2.75, 3.05) is 39.9 Å². The summed E-state index contributed by atoms with van der Waals surface area (Å²) in [5, 5.41) is 0.918. The predicted molar refractivity (Wildman–Crippen MR) is 132 cm³/mol. The van der Waals surface area contributed by atoms with Gasteiger partial charge in [0.1, 0.15) is 5.82 Å². The van der Waals surface area contributed by atoms with Crippen LogP contribution in [-0.4, -0.2) is 45.0 Å². The summed E-state index contributed by atoms with van der Waals surface area (Å²) in [6, 6.07) is 18.0. The highest BCUT2D eigenvalue weighted by Crippen LogP contribution is 2.39. The number of methoxy groups -OCH3 is 4. The van der Waals surface area contributed by atoms with E-state index in [2.05, 4.69) is 17.0 Å². The highest BCUT2D eigenvalue weighted by atomic mass is 16.5. The molecule has 1 aliphatic heterocycles. The minimum absolute atomic E-state index is 0.638. The molecule has 0 unspecified atom stereocenters. The molecule has 0 atom stereocenters. The smallest absolute Gasteiger partial charge is 0.162 e. The second kappa shape index (κ2) is 9.09. The number of aromatic nitrogens is 2. The summed E-state index contributed by atoms with van der Waals surface area (Å²) < 4.78 is 22.2. The zero-order valence-electron chi connectivity index (χ0n) is 19.8. The zero-order chi connectivity index (χ0) is 23.7. The largest absolute Gasteiger partial charge is 0.493 e. The minimum atomic E-state index is 0.638. The predicted octanol–water partition coefficient (Wildman–Crippen LogP) is 4.89. The van der Waals surface area contributed by atoms with Crippen molar-refractivity contribution in [3.63, 3.8) is 0 Å². The third kappa shape index (κ3) is 3.83. The number of nitrogens with zero attached hydrogens (tertiary/aromatic N) is 3. The number of rotatable bonds is 6. The molecular weight excluding hydrogens is 430 g/mol. The molecule has 174 valence electrons. The van der Waals surface area contributed by atoms with Gasteiger partial charge in [-0.1, -0.05) is 30.3 Å². The Labute approximate surface area is 198 Å². The van der Waals surface area contributed by atoms with Crippen LogP contribution in [0.1, 0.15) is 11.1 Å². The first-order chi connectivity index (χ1) is 16.6. The molecule has 0 aliphatic carbocycles. The van der Waals surface area contributed by atoms with Crippen LogP contribution in [0.4, 0.5) is 5.82 Å². The number of anilines is 1. The normalized spacial score (nSPS) is 12.9. The van der Waals surface area contributed by atoms with E-state index in [1.165, 1.54) is 11.1 Å². The van der Waals surface area contributed by atoms with Crippen LogP contribution in [0, 0.1) is 0 Å². The molecule has 0 saturated carbocycles. The van der Waals surface area contributed by atoms with E-state index in [0.29, 0.717) is 23.9 Å². The lowest BCUT2D eigenvalue weighted by Crippen LogP contribution is -2.31. The number of fused-ring (bicyclic) bond motifs is 2. The van der Waals surface area contributed by atoms with Crippen molar-refractivity contribution in [3.05, 3.63) is 65.7 Å². The summed E-state index contributed by atoms with van der Waals surface area (Å²) in [4.78, 5) is 12.2. The summed E-state index contributed by atoms with van der Waals surface area (Å²) in [5.74, 6) is 4.31. The van der Waals surface area contributed by atoms with E-state index in [-0.39, 0.29) is 0 Å². The van der Waals surface area contributed by atoms with E-state index >= 15 is 0 Å². The van der Waals surface area contributed by atoms with Gasteiger partial charge in [-0.15, -0.1) is 0 Å². The Kier molecular flexibility index (Phi) is 5.84. The summed E-state index contributed by atoms with van der Waals surface area (Å²) in [7, 11) is 6.60. The average Bonchev–Trinajstić information content (AvgIpc) is 2.90. The maximum Gasteiger partial charge on any atom is 0.162 e. The molecule has 0 radical (unpaired) electrons. The molecule has 0 fully saturated rings. The van der Waals surface area contributed by atoms with Crippen molar-refractivity contribution in [1.29, 1.82) is 0 Å². The molecule has 7 nitrogen and oxygen atoms in total. The second-order valence-corrected chi connectivity index (χ2v) is 8.11. The molecule has 2 heterocycles. The van der Waals surface area contributed by atoms with E-state index in [1.807, 2.05) is 42.5 Å². The van der Waals surface area contributed by atoms with Crippen molar-refractivity contribution in [2.24, 2.45) is 0 Å². The van der Waals surface area contributed by atoms with Crippen LogP contribution < -0.4 is 23.8 Å². The molecule has 1 aliphatic rings. The van der Waals surface area contributed by atoms with Crippen molar-refractivity contribution < 1.29 is 18.9 Å². The number of benzene rings is 3. The first-order valence-corrected chi connectivity index (χ1v) is 11.1. The van der Waals surface area contributed by atoms with Gasteiger partial charge in [-0.2, -0.15) is 0 Å². The fourth-order valence-electron chi connectivity index (χ4n) is 4.46. The molecule has 0 N–H and O–H groups in total. The molecule has 4 aromatic rings. The van der Waals surface area contributed by atoms with Crippen molar-refractivity contribution >= 4 is 16.7 Å². The lowest BCUT2D eigenvalue weighted by molar-refractivity contribution is 0.353. The van der Waals surface area contributed by atoms with E-state index < -0.39 is 0 Å². The van der Waals surface area contributed by atoms with E-state index in [0.717, 1.165) is 46.7 Å². The monoisotopic (exact) mass is 457 g/mol. The van der Waals surface area contributed by atoms with E-state index in [9.17, 15) is 0 Å². The maximum absolute atomic E-state index is 5.58. The second-order valence-electron chi connectivity index (χ2n) is 8.11. The van der Waals surface area contributed by atoms with Crippen molar-refractivity contribution in [3.8, 4) is 34.4 Å². The number of ether oxygens (including phenoxy) is 4. The summed E-state index contributed by atoms with van der Waals surface area (Å²) >= 11 is 0. The van der Waals surface area contributed by atoms with Gasteiger partial charge in [-0.3, -0.25) is 0 Å². The van der Waals surface area contributed by atoms with Crippen LogP contribution in [0.3, 0.4) is 0 Å². The van der Waals surface area contributed by atoms with Crippen LogP contribution in [0.2, 0.25) is 0 Å². The van der Waals surface area contributed by atoms with Gasteiger partial charge in [0.25, 0.3) is 0 Å². The van der Waals surface area contributed by atoms with Gasteiger partial charge >= 0.3 is 0 Å². The van der Waals surface area contributed by atoms with E-state index in [1.54, 1.807) is 28.4 Å². The summed E-state index contributed by atoms with van der Waals surface area (Å²) in [6.07, 6.45) is 0.870. The summed E-state index contributed by atoms with van der Waals surface area (Å²) in [6.45, 7) is 1.52. The Morgan fingerprint density at radius 2 is 1.32 bits per heavy atom. The van der Waals surface area contributed by atoms with Crippen molar-refractivity contribution in [2.45, 2.75) is 13.0 Å². The molecule has 7 heteroatoms. The topological polar surface area (TPSA) is 65.9 Å². The van der Waals surface area contributed by atoms with Gasteiger partial charge in [0.15, 0.2) is 28.8 Å². The van der Waals surface area contributed by atoms with Crippen LogP contribution in [0.25, 0.3) is 22.3 Å². The molecule has 5 rings (SSSR count). The van der Waals surface area contributed by atoms with Crippen LogP contribution >= 0.6 is 0 Å². The van der Waals surface area contributed by atoms with Gasteiger partial charge in [-0.05, 0) is 35.7 Å². The van der Waals surface area contributed by atoms with Gasteiger partial charge < -0.3 is 23.8 Å². The fraction of sp³-hybridized carbons (Fsp3) is 0.259. The first-order valence-electron chi connectivity index (χ1n) is 11.1. The standard InChI is InChI=1S/C27H27N3O4/c1-31-22-12-18-10-11-30(16-19(18)13-23(22)32-2)27-20-14-24(33-3)25(34-4)15-21(20)28-26(29-27)17-8-6-5-7-9-17/h5-9,12-15H,10-11,16H2,1-4H3. The highest BCUT2D eigenvalue weighted by molar-refractivity contribution is 5.93. The molecule has 0 amide bonds. The number of hydrogen-bond acceptors (Lipinski definition) is 7. The molecule has 34 heavy (non-hydrogen) atoms. The fourth-order valence-corrected chi connectivity index (χ4v) is 4.46. The van der Waals surface area contributed by atoms with Gasteiger partial charge in [0.05, 0.1) is 34.0 Å². The molecule has 0 saturated heterocycles. The third-order valence-corrected chi connectivity index (χ3v) is 6.23. The third-order valence-electron chi connectivity index (χ3n) is 6.23. The lowest BCUT2D eigenvalue weighted by Gasteiger charge is -2.31. The SMILES string of the molecule is COc1cc2c(cc1OC)CN(c1nc(-c3ccccc3)nc3cc(OC)c(OC)cc13)CC2. The lowest BCUT2D eigenvalue weighted by atomic mass is 9.98.